The number of rotatable bonds is 3. The zero-order chi connectivity index (χ0) is 11.4. The lowest BCUT2D eigenvalue weighted by Gasteiger charge is -2.37. The molecule has 0 aromatic carbocycles. The third kappa shape index (κ3) is 2.86. The molecule has 0 aromatic heterocycles. The van der Waals surface area contributed by atoms with Gasteiger partial charge in [-0.2, -0.15) is 11.8 Å². The molecular formula is C12H20ClNOS. The molecule has 16 heavy (non-hydrogen) atoms. The molecule has 1 aliphatic carbocycles. The normalized spacial score (nSPS) is 28.9. The highest BCUT2D eigenvalue weighted by molar-refractivity contribution is 7.99. The number of amides is 1. The second-order valence-electron chi connectivity index (χ2n) is 5.02. The van der Waals surface area contributed by atoms with Gasteiger partial charge in [0.25, 0.3) is 0 Å². The molecule has 1 heterocycles. The second-order valence-corrected chi connectivity index (χ2v) is 6.44. The van der Waals surface area contributed by atoms with E-state index in [1.54, 1.807) is 0 Å². The summed E-state index contributed by atoms with van der Waals surface area (Å²) in [5.74, 6) is 3.16. The van der Waals surface area contributed by atoms with Crippen molar-refractivity contribution in [2.24, 2.45) is 5.92 Å². The minimum Gasteiger partial charge on any atom is -0.349 e. The molecule has 0 aromatic rings. The summed E-state index contributed by atoms with van der Waals surface area (Å²) in [6.45, 7) is 0. The van der Waals surface area contributed by atoms with Crippen molar-refractivity contribution in [1.29, 1.82) is 0 Å². The molecule has 1 saturated heterocycles. The van der Waals surface area contributed by atoms with Crippen LogP contribution in [0.4, 0.5) is 0 Å². The summed E-state index contributed by atoms with van der Waals surface area (Å²) >= 11 is 7.95. The maximum absolute atomic E-state index is 12.1. The molecule has 1 N–H and O–H groups in total. The van der Waals surface area contributed by atoms with Crippen LogP contribution >= 0.6 is 23.4 Å². The van der Waals surface area contributed by atoms with E-state index in [2.05, 4.69) is 5.32 Å². The Labute approximate surface area is 107 Å². The summed E-state index contributed by atoms with van der Waals surface area (Å²) in [6.07, 6.45) is 6.84. The van der Waals surface area contributed by atoms with Crippen LogP contribution in [0.25, 0.3) is 0 Å². The lowest BCUT2D eigenvalue weighted by atomic mass is 9.82. The van der Waals surface area contributed by atoms with Crippen molar-refractivity contribution < 1.29 is 4.79 Å². The van der Waals surface area contributed by atoms with Crippen LogP contribution in [0.15, 0.2) is 0 Å². The lowest BCUT2D eigenvalue weighted by Crippen LogP contribution is -2.53. The van der Waals surface area contributed by atoms with E-state index < -0.39 is 0 Å². The van der Waals surface area contributed by atoms with Crippen molar-refractivity contribution in [3.8, 4) is 0 Å². The molecule has 2 aliphatic rings. The Morgan fingerprint density at radius 1 is 1.38 bits per heavy atom. The molecule has 4 heteroatoms. The van der Waals surface area contributed by atoms with Crippen molar-refractivity contribution in [1.82, 2.24) is 5.32 Å². The Hall–Kier alpha value is 0.110. The fourth-order valence-corrected chi connectivity index (χ4v) is 4.18. The van der Waals surface area contributed by atoms with E-state index in [1.807, 2.05) is 11.8 Å². The molecule has 1 amide bonds. The van der Waals surface area contributed by atoms with Crippen LogP contribution in [0.3, 0.4) is 0 Å². The van der Waals surface area contributed by atoms with Gasteiger partial charge in [0.1, 0.15) is 0 Å². The topological polar surface area (TPSA) is 29.1 Å². The van der Waals surface area contributed by atoms with Crippen molar-refractivity contribution in [3.05, 3.63) is 0 Å². The van der Waals surface area contributed by atoms with Gasteiger partial charge in [0.05, 0.1) is 5.54 Å². The van der Waals surface area contributed by atoms with Gasteiger partial charge in [-0.3, -0.25) is 4.79 Å². The monoisotopic (exact) mass is 261 g/mol. The Morgan fingerprint density at radius 2 is 2.12 bits per heavy atom. The number of nitrogens with one attached hydrogen (secondary N) is 1. The van der Waals surface area contributed by atoms with Crippen molar-refractivity contribution in [2.45, 2.75) is 44.1 Å². The van der Waals surface area contributed by atoms with E-state index in [0.29, 0.717) is 5.88 Å². The van der Waals surface area contributed by atoms with Gasteiger partial charge >= 0.3 is 0 Å². The number of thioether (sulfide) groups is 1. The third-order valence-electron chi connectivity index (χ3n) is 3.76. The minimum absolute atomic E-state index is 0.0931. The molecule has 1 aliphatic heterocycles. The summed E-state index contributed by atoms with van der Waals surface area (Å²) < 4.78 is 0. The molecule has 2 fully saturated rings. The summed E-state index contributed by atoms with van der Waals surface area (Å²) in [5.41, 5.74) is -0.0931. The quantitative estimate of drug-likeness (QED) is 0.792. The van der Waals surface area contributed by atoms with Crippen molar-refractivity contribution in [2.75, 3.05) is 17.4 Å². The summed E-state index contributed by atoms with van der Waals surface area (Å²) in [5, 5.41) is 3.24. The van der Waals surface area contributed by atoms with E-state index >= 15 is 0 Å². The van der Waals surface area contributed by atoms with Crippen LogP contribution in [0.2, 0.25) is 0 Å². The maximum Gasteiger partial charge on any atom is 0.224 e. The Morgan fingerprint density at radius 3 is 2.69 bits per heavy atom. The highest BCUT2D eigenvalue weighted by atomic mass is 35.5. The standard InChI is InChI=1S/C12H20ClNOS/c13-9-12(5-2-1-3-6-12)14-11(15)10-4-7-16-8-10/h10H,1-9H2,(H,14,15). The zero-order valence-corrected chi connectivity index (χ0v) is 11.2. The van der Waals surface area contributed by atoms with Gasteiger partial charge in [0, 0.05) is 17.6 Å². The minimum atomic E-state index is -0.0931. The first-order valence-electron chi connectivity index (χ1n) is 6.21. The first kappa shape index (κ1) is 12.6. The molecule has 1 atom stereocenters. The highest BCUT2D eigenvalue weighted by Gasteiger charge is 2.35. The average molecular weight is 262 g/mol. The molecule has 0 bridgehead atoms. The van der Waals surface area contributed by atoms with Crippen LogP contribution in [0.5, 0.6) is 0 Å². The van der Waals surface area contributed by atoms with Gasteiger partial charge in [-0.15, -0.1) is 11.6 Å². The van der Waals surface area contributed by atoms with Gasteiger partial charge in [0.15, 0.2) is 0 Å². The van der Waals surface area contributed by atoms with E-state index in [4.69, 9.17) is 11.6 Å². The van der Waals surface area contributed by atoms with E-state index in [0.717, 1.165) is 30.8 Å². The van der Waals surface area contributed by atoms with E-state index in [-0.39, 0.29) is 17.4 Å². The average Bonchev–Trinajstić information content (AvgIpc) is 2.84. The maximum atomic E-state index is 12.1. The highest BCUT2D eigenvalue weighted by Crippen LogP contribution is 2.31. The van der Waals surface area contributed by atoms with Gasteiger partial charge in [0.2, 0.25) is 5.91 Å². The zero-order valence-electron chi connectivity index (χ0n) is 9.64. The van der Waals surface area contributed by atoms with Gasteiger partial charge in [-0.25, -0.2) is 0 Å². The predicted molar refractivity (Wildman–Crippen MR) is 70.1 cm³/mol. The fraction of sp³-hybridized carbons (Fsp3) is 0.917. The van der Waals surface area contributed by atoms with E-state index in [9.17, 15) is 4.79 Å². The van der Waals surface area contributed by atoms with Crippen LogP contribution < -0.4 is 5.32 Å². The fourth-order valence-electron chi connectivity index (χ4n) is 2.63. The molecule has 1 unspecified atom stereocenters. The summed E-state index contributed by atoms with van der Waals surface area (Å²) in [4.78, 5) is 12.1. The van der Waals surface area contributed by atoms with Crippen molar-refractivity contribution in [3.63, 3.8) is 0 Å². The molecule has 2 nitrogen and oxygen atoms in total. The Balaban J connectivity index is 1.91. The smallest absolute Gasteiger partial charge is 0.224 e. The van der Waals surface area contributed by atoms with E-state index in [1.165, 1.54) is 19.3 Å². The van der Waals surface area contributed by atoms with Gasteiger partial charge in [-0.1, -0.05) is 19.3 Å². The summed E-state index contributed by atoms with van der Waals surface area (Å²) in [7, 11) is 0. The van der Waals surface area contributed by atoms with Gasteiger partial charge in [-0.05, 0) is 25.0 Å². The molecule has 1 saturated carbocycles. The van der Waals surface area contributed by atoms with Gasteiger partial charge < -0.3 is 5.32 Å². The molecule has 92 valence electrons. The van der Waals surface area contributed by atoms with Crippen LogP contribution in [-0.4, -0.2) is 28.8 Å². The lowest BCUT2D eigenvalue weighted by molar-refractivity contribution is -0.126. The van der Waals surface area contributed by atoms with Crippen LogP contribution in [-0.2, 0) is 4.79 Å². The number of hydrogen-bond acceptors (Lipinski definition) is 2. The predicted octanol–water partition coefficient (Wildman–Crippen LogP) is 2.80. The molecule has 2 rings (SSSR count). The SMILES string of the molecule is O=C(NC1(CCl)CCCCC1)C1CCSC1. The van der Waals surface area contributed by atoms with Crippen LogP contribution in [0.1, 0.15) is 38.5 Å². The largest absolute Gasteiger partial charge is 0.349 e. The molecule has 0 spiro atoms. The van der Waals surface area contributed by atoms with Crippen molar-refractivity contribution >= 4 is 29.3 Å². The molecule has 0 radical (unpaired) electrons. The van der Waals surface area contributed by atoms with Crippen LogP contribution in [0, 0.1) is 5.92 Å². The number of carbonyl (C=O) groups excluding carboxylic acids is 1. The Bertz CT molecular complexity index is 247. The summed E-state index contributed by atoms with van der Waals surface area (Å²) in [6, 6.07) is 0. The molecular weight excluding hydrogens is 242 g/mol. The number of alkyl halides is 1. The number of halogens is 1. The number of carbonyl (C=O) groups is 1. The second kappa shape index (κ2) is 5.63. The third-order valence-corrected chi connectivity index (χ3v) is 5.43. The number of hydrogen-bond donors (Lipinski definition) is 1. The first-order valence-corrected chi connectivity index (χ1v) is 7.90. The first-order chi connectivity index (χ1) is 7.76. The Kier molecular flexibility index (Phi) is 4.42.